The summed E-state index contributed by atoms with van der Waals surface area (Å²) in [5, 5.41) is 6.56. The van der Waals surface area contributed by atoms with Crippen LogP contribution in [-0.4, -0.2) is 63.2 Å². The maximum absolute atomic E-state index is 12.7. The molecule has 28 heavy (non-hydrogen) atoms. The standard InChI is InChI=1S/C20H32N4O3S/c1-5-16(14-28(26,27)18-9-7-6-8-10-18)22-20(21-4)23-17-11-12-24(13-17)19(25)15(2)3/h6-10,15-17H,5,11-14H2,1-4H3,(H2,21,22,23). The molecule has 0 saturated carbocycles. The number of nitrogens with one attached hydrogen (secondary N) is 2. The average molecular weight is 409 g/mol. The molecule has 0 radical (unpaired) electrons. The second-order valence-electron chi connectivity index (χ2n) is 7.49. The Hall–Kier alpha value is -2.09. The van der Waals surface area contributed by atoms with Gasteiger partial charge in [-0.2, -0.15) is 0 Å². The maximum atomic E-state index is 12.7. The van der Waals surface area contributed by atoms with Crippen LogP contribution in [0.3, 0.4) is 0 Å². The molecule has 0 spiro atoms. The van der Waals surface area contributed by atoms with E-state index in [1.54, 1.807) is 37.4 Å². The highest BCUT2D eigenvalue weighted by atomic mass is 32.2. The summed E-state index contributed by atoms with van der Waals surface area (Å²) in [6, 6.07) is 8.35. The van der Waals surface area contributed by atoms with E-state index in [2.05, 4.69) is 15.6 Å². The first-order valence-electron chi connectivity index (χ1n) is 9.83. The Kier molecular flexibility index (Phi) is 7.86. The van der Waals surface area contributed by atoms with Crippen LogP contribution < -0.4 is 10.6 Å². The van der Waals surface area contributed by atoms with E-state index in [1.807, 2.05) is 25.7 Å². The quantitative estimate of drug-likeness (QED) is 0.529. The Morgan fingerprint density at radius 2 is 1.96 bits per heavy atom. The number of carbonyl (C=O) groups excluding carboxylic acids is 1. The molecular formula is C20H32N4O3S. The molecule has 2 atom stereocenters. The minimum atomic E-state index is -3.38. The molecule has 1 saturated heterocycles. The first-order valence-corrected chi connectivity index (χ1v) is 11.5. The highest BCUT2D eigenvalue weighted by molar-refractivity contribution is 7.91. The SMILES string of the molecule is CCC(CS(=O)(=O)c1ccccc1)NC(=NC)NC1CCN(C(=O)C(C)C)C1. The predicted octanol–water partition coefficient (Wildman–Crippen LogP) is 1.66. The van der Waals surface area contributed by atoms with Crippen molar-refractivity contribution in [3.8, 4) is 0 Å². The minimum absolute atomic E-state index is 0.00313. The van der Waals surface area contributed by atoms with E-state index >= 15 is 0 Å². The molecule has 1 heterocycles. The fourth-order valence-corrected chi connectivity index (χ4v) is 4.86. The van der Waals surface area contributed by atoms with E-state index < -0.39 is 9.84 Å². The minimum Gasteiger partial charge on any atom is -0.353 e. The predicted molar refractivity (Wildman–Crippen MR) is 112 cm³/mol. The average Bonchev–Trinajstić information content (AvgIpc) is 3.15. The van der Waals surface area contributed by atoms with E-state index in [0.29, 0.717) is 23.8 Å². The van der Waals surface area contributed by atoms with Gasteiger partial charge in [0.2, 0.25) is 5.91 Å². The number of guanidine groups is 1. The normalized spacial score (nSPS) is 19.0. The van der Waals surface area contributed by atoms with E-state index in [4.69, 9.17) is 0 Å². The number of benzene rings is 1. The summed E-state index contributed by atoms with van der Waals surface area (Å²) in [6.07, 6.45) is 1.49. The molecule has 1 aromatic rings. The fourth-order valence-electron chi connectivity index (χ4n) is 3.25. The van der Waals surface area contributed by atoms with Gasteiger partial charge in [-0.05, 0) is 25.0 Å². The van der Waals surface area contributed by atoms with Gasteiger partial charge < -0.3 is 15.5 Å². The van der Waals surface area contributed by atoms with Gasteiger partial charge in [-0.3, -0.25) is 9.79 Å². The van der Waals surface area contributed by atoms with Gasteiger partial charge >= 0.3 is 0 Å². The lowest BCUT2D eigenvalue weighted by atomic mass is 10.2. The summed E-state index contributed by atoms with van der Waals surface area (Å²) in [6.45, 7) is 7.12. The Balaban J connectivity index is 1.95. The summed E-state index contributed by atoms with van der Waals surface area (Å²) < 4.78 is 25.3. The van der Waals surface area contributed by atoms with Crippen LogP contribution in [0.2, 0.25) is 0 Å². The Morgan fingerprint density at radius 1 is 1.29 bits per heavy atom. The van der Waals surface area contributed by atoms with Crippen LogP contribution >= 0.6 is 0 Å². The van der Waals surface area contributed by atoms with Crippen LogP contribution in [0.1, 0.15) is 33.6 Å². The number of aliphatic imine (C=N–C) groups is 1. The van der Waals surface area contributed by atoms with Gasteiger partial charge in [-0.15, -0.1) is 0 Å². The zero-order valence-corrected chi connectivity index (χ0v) is 18.0. The molecular weight excluding hydrogens is 376 g/mol. The van der Waals surface area contributed by atoms with Crippen LogP contribution in [0.15, 0.2) is 40.2 Å². The van der Waals surface area contributed by atoms with E-state index in [1.165, 1.54) is 0 Å². The van der Waals surface area contributed by atoms with Gasteiger partial charge in [-0.25, -0.2) is 8.42 Å². The highest BCUT2D eigenvalue weighted by Gasteiger charge is 2.28. The largest absolute Gasteiger partial charge is 0.353 e. The first kappa shape index (κ1) is 22.2. The van der Waals surface area contributed by atoms with Crippen LogP contribution in [0.4, 0.5) is 0 Å². The molecule has 1 aliphatic rings. The highest BCUT2D eigenvalue weighted by Crippen LogP contribution is 2.14. The Morgan fingerprint density at radius 3 is 2.54 bits per heavy atom. The lowest BCUT2D eigenvalue weighted by Crippen LogP contribution is -2.50. The topological polar surface area (TPSA) is 90.9 Å². The lowest BCUT2D eigenvalue weighted by molar-refractivity contribution is -0.133. The maximum Gasteiger partial charge on any atom is 0.225 e. The summed E-state index contributed by atoms with van der Waals surface area (Å²) in [4.78, 5) is 18.6. The fraction of sp³-hybridized carbons (Fsp3) is 0.600. The third-order valence-electron chi connectivity index (χ3n) is 4.91. The molecule has 7 nitrogen and oxygen atoms in total. The monoisotopic (exact) mass is 408 g/mol. The molecule has 2 unspecified atom stereocenters. The number of nitrogens with zero attached hydrogens (tertiary/aromatic N) is 2. The number of hydrogen-bond donors (Lipinski definition) is 2. The molecule has 0 aliphatic carbocycles. The third-order valence-corrected chi connectivity index (χ3v) is 6.75. The van der Waals surface area contributed by atoms with Crippen molar-refractivity contribution in [3.05, 3.63) is 30.3 Å². The van der Waals surface area contributed by atoms with Crippen molar-refractivity contribution in [1.82, 2.24) is 15.5 Å². The Labute approximate surface area is 168 Å². The summed E-state index contributed by atoms with van der Waals surface area (Å²) in [7, 11) is -1.71. The van der Waals surface area contributed by atoms with Crippen LogP contribution in [0.5, 0.6) is 0 Å². The van der Waals surface area contributed by atoms with E-state index in [-0.39, 0.29) is 29.7 Å². The van der Waals surface area contributed by atoms with Crippen molar-refractivity contribution in [1.29, 1.82) is 0 Å². The van der Waals surface area contributed by atoms with Gasteiger partial charge in [-0.1, -0.05) is 39.0 Å². The molecule has 1 aliphatic heterocycles. The number of amides is 1. The van der Waals surface area contributed by atoms with E-state index in [9.17, 15) is 13.2 Å². The van der Waals surface area contributed by atoms with Gasteiger partial charge in [0.25, 0.3) is 0 Å². The number of carbonyl (C=O) groups is 1. The Bertz CT molecular complexity index is 778. The van der Waals surface area contributed by atoms with Gasteiger partial charge in [0, 0.05) is 38.1 Å². The number of sulfone groups is 1. The number of rotatable bonds is 7. The number of hydrogen-bond acceptors (Lipinski definition) is 4. The zero-order chi connectivity index (χ0) is 20.7. The first-order chi connectivity index (χ1) is 13.3. The van der Waals surface area contributed by atoms with Crippen molar-refractivity contribution >= 4 is 21.7 Å². The van der Waals surface area contributed by atoms with Crippen molar-refractivity contribution in [2.45, 2.75) is 50.6 Å². The molecule has 1 aromatic carbocycles. The molecule has 0 bridgehead atoms. The van der Waals surface area contributed by atoms with Crippen molar-refractivity contribution in [2.75, 3.05) is 25.9 Å². The summed E-state index contributed by atoms with van der Waals surface area (Å²) >= 11 is 0. The molecule has 8 heteroatoms. The van der Waals surface area contributed by atoms with Gasteiger partial charge in [0.1, 0.15) is 0 Å². The van der Waals surface area contributed by atoms with Crippen LogP contribution in [0.25, 0.3) is 0 Å². The van der Waals surface area contributed by atoms with E-state index in [0.717, 1.165) is 13.0 Å². The van der Waals surface area contributed by atoms with Crippen molar-refractivity contribution in [3.63, 3.8) is 0 Å². The second kappa shape index (κ2) is 9.91. The van der Waals surface area contributed by atoms with Crippen LogP contribution in [0, 0.1) is 5.92 Å². The van der Waals surface area contributed by atoms with Crippen molar-refractivity contribution in [2.24, 2.45) is 10.9 Å². The van der Waals surface area contributed by atoms with Crippen LogP contribution in [-0.2, 0) is 14.6 Å². The molecule has 2 N–H and O–H groups in total. The third kappa shape index (κ3) is 5.95. The van der Waals surface area contributed by atoms with Gasteiger partial charge in [0.05, 0.1) is 10.6 Å². The molecule has 1 fully saturated rings. The summed E-state index contributed by atoms with van der Waals surface area (Å²) in [5.41, 5.74) is 0. The molecule has 1 amide bonds. The number of likely N-dealkylation sites (tertiary alicyclic amines) is 1. The summed E-state index contributed by atoms with van der Waals surface area (Å²) in [5.74, 6) is 0.715. The van der Waals surface area contributed by atoms with Gasteiger partial charge in [0.15, 0.2) is 15.8 Å². The smallest absolute Gasteiger partial charge is 0.225 e. The molecule has 156 valence electrons. The molecule has 0 aromatic heterocycles. The van der Waals surface area contributed by atoms with Crippen molar-refractivity contribution < 1.29 is 13.2 Å². The zero-order valence-electron chi connectivity index (χ0n) is 17.2. The lowest BCUT2D eigenvalue weighted by Gasteiger charge is -2.23. The molecule has 2 rings (SSSR count). The second-order valence-corrected chi connectivity index (χ2v) is 9.52.